The van der Waals surface area contributed by atoms with Gasteiger partial charge in [-0.25, -0.2) is 0 Å². The molecule has 1 N–H and O–H groups in total. The second-order valence-electron chi connectivity index (χ2n) is 5.75. The Morgan fingerprint density at radius 1 is 1.48 bits per heavy atom. The van der Waals surface area contributed by atoms with Gasteiger partial charge in [0.05, 0.1) is 11.8 Å². The van der Waals surface area contributed by atoms with E-state index in [1.54, 1.807) is 13.0 Å². The Bertz CT molecular complexity index is 505. The highest BCUT2D eigenvalue weighted by Gasteiger charge is 2.34. The number of nitrogens with one attached hydrogen (secondary N) is 1. The van der Waals surface area contributed by atoms with Gasteiger partial charge in [-0.3, -0.25) is 9.59 Å². The lowest BCUT2D eigenvalue weighted by Crippen LogP contribution is -2.38. The summed E-state index contributed by atoms with van der Waals surface area (Å²) in [4.78, 5) is 26.2. The molecular weight excluding hydrogens is 268 g/mol. The van der Waals surface area contributed by atoms with Crippen LogP contribution in [0.5, 0.6) is 0 Å². The van der Waals surface area contributed by atoms with Gasteiger partial charge < -0.3 is 14.6 Å². The number of hydrogen-bond acceptors (Lipinski definition) is 3. The number of hydrogen-bond donors (Lipinski definition) is 1. The normalized spacial score (nSPS) is 15.6. The smallest absolute Gasteiger partial charge is 0.257 e. The van der Waals surface area contributed by atoms with Gasteiger partial charge in [0.1, 0.15) is 5.76 Å². The molecule has 116 valence electrons. The van der Waals surface area contributed by atoms with Crippen LogP contribution in [0, 0.1) is 6.92 Å². The third-order valence-electron chi connectivity index (χ3n) is 3.94. The number of carbonyl (C=O) groups is 2. The summed E-state index contributed by atoms with van der Waals surface area (Å²) >= 11 is 0. The molecule has 1 saturated carbocycles. The highest BCUT2D eigenvalue weighted by Crippen LogP contribution is 2.29. The summed E-state index contributed by atoms with van der Waals surface area (Å²) in [5, 5.41) is 2.93. The van der Waals surface area contributed by atoms with E-state index >= 15 is 0 Å². The molecule has 1 aromatic rings. The zero-order valence-corrected chi connectivity index (χ0v) is 13.0. The number of aryl methyl sites for hydroxylation is 1. The number of nitrogens with zero attached hydrogens (tertiary/aromatic N) is 1. The molecule has 21 heavy (non-hydrogen) atoms. The Hall–Kier alpha value is -1.78. The number of amides is 2. The van der Waals surface area contributed by atoms with Crippen LogP contribution in [0.25, 0.3) is 0 Å². The van der Waals surface area contributed by atoms with Crippen LogP contribution in [0.3, 0.4) is 0 Å². The molecular formula is C16H24N2O3. The summed E-state index contributed by atoms with van der Waals surface area (Å²) in [6.45, 7) is 6.27. The lowest BCUT2D eigenvalue weighted by molar-refractivity contribution is -0.121. The van der Waals surface area contributed by atoms with Crippen molar-refractivity contribution >= 4 is 11.8 Å². The van der Waals surface area contributed by atoms with E-state index < -0.39 is 0 Å². The van der Waals surface area contributed by atoms with E-state index in [-0.39, 0.29) is 23.9 Å². The highest BCUT2D eigenvalue weighted by atomic mass is 16.3. The van der Waals surface area contributed by atoms with Gasteiger partial charge in [0, 0.05) is 25.0 Å². The van der Waals surface area contributed by atoms with Crippen LogP contribution in [0.15, 0.2) is 16.7 Å². The average molecular weight is 292 g/mol. The highest BCUT2D eigenvalue weighted by molar-refractivity contribution is 5.95. The van der Waals surface area contributed by atoms with Gasteiger partial charge in [-0.2, -0.15) is 0 Å². The fourth-order valence-electron chi connectivity index (χ4n) is 2.27. The Balaban J connectivity index is 1.93. The van der Waals surface area contributed by atoms with E-state index in [4.69, 9.17) is 4.42 Å². The molecule has 0 unspecified atom stereocenters. The maximum absolute atomic E-state index is 12.5. The van der Waals surface area contributed by atoms with Crippen LogP contribution < -0.4 is 5.32 Å². The first-order chi connectivity index (χ1) is 10.0. The lowest BCUT2D eigenvalue weighted by atomic mass is 10.2. The fourth-order valence-corrected chi connectivity index (χ4v) is 2.27. The van der Waals surface area contributed by atoms with Crippen molar-refractivity contribution in [3.05, 3.63) is 23.7 Å². The summed E-state index contributed by atoms with van der Waals surface area (Å²) in [7, 11) is 0. The van der Waals surface area contributed by atoms with Crippen LogP contribution in [0.2, 0.25) is 0 Å². The largest absolute Gasteiger partial charge is 0.469 e. The molecule has 5 heteroatoms. The van der Waals surface area contributed by atoms with E-state index in [1.807, 2.05) is 18.7 Å². The molecule has 2 amide bonds. The van der Waals surface area contributed by atoms with Crippen LogP contribution in [0.4, 0.5) is 0 Å². The molecule has 0 spiro atoms. The molecule has 1 fully saturated rings. The van der Waals surface area contributed by atoms with Crippen LogP contribution in [0.1, 0.15) is 55.6 Å². The van der Waals surface area contributed by atoms with E-state index in [1.165, 1.54) is 6.26 Å². The Kier molecular flexibility index (Phi) is 5.04. The molecule has 1 heterocycles. The van der Waals surface area contributed by atoms with Gasteiger partial charge in [0.2, 0.25) is 5.91 Å². The van der Waals surface area contributed by atoms with Crippen LogP contribution >= 0.6 is 0 Å². The topological polar surface area (TPSA) is 62.6 Å². The second kappa shape index (κ2) is 6.78. The van der Waals surface area contributed by atoms with Gasteiger partial charge in [-0.1, -0.05) is 6.92 Å². The zero-order valence-electron chi connectivity index (χ0n) is 13.0. The molecule has 0 saturated heterocycles. The summed E-state index contributed by atoms with van der Waals surface area (Å²) in [6.07, 6.45) is 4.84. The van der Waals surface area contributed by atoms with Gasteiger partial charge in [-0.05, 0) is 39.2 Å². The predicted octanol–water partition coefficient (Wildman–Crippen LogP) is 2.50. The number of carbonyl (C=O) groups excluding carboxylic acids is 2. The van der Waals surface area contributed by atoms with Gasteiger partial charge >= 0.3 is 0 Å². The van der Waals surface area contributed by atoms with Crippen molar-refractivity contribution in [3.63, 3.8) is 0 Å². The molecule has 1 atom stereocenters. The summed E-state index contributed by atoms with van der Waals surface area (Å²) in [5.74, 6) is 0.613. The van der Waals surface area contributed by atoms with Crippen molar-refractivity contribution < 1.29 is 14.0 Å². The van der Waals surface area contributed by atoms with Crippen molar-refractivity contribution in [3.8, 4) is 0 Å². The minimum Gasteiger partial charge on any atom is -0.469 e. The van der Waals surface area contributed by atoms with E-state index in [9.17, 15) is 9.59 Å². The molecule has 2 rings (SSSR count). The third-order valence-corrected chi connectivity index (χ3v) is 3.94. The fraction of sp³-hybridized carbons (Fsp3) is 0.625. The quantitative estimate of drug-likeness (QED) is 0.840. The predicted molar refractivity (Wildman–Crippen MR) is 80.0 cm³/mol. The van der Waals surface area contributed by atoms with Gasteiger partial charge in [-0.15, -0.1) is 0 Å². The lowest BCUT2D eigenvalue weighted by Gasteiger charge is -2.22. The Morgan fingerprint density at radius 2 is 2.19 bits per heavy atom. The SMILES string of the molecule is CC[C@@H](C)NC(=O)CCN(C(=O)c1ccoc1C)C1CC1. The van der Waals surface area contributed by atoms with Crippen molar-refractivity contribution in [1.82, 2.24) is 10.2 Å². The van der Waals surface area contributed by atoms with Crippen molar-refractivity contribution in [2.24, 2.45) is 0 Å². The third kappa shape index (κ3) is 4.09. The number of furan rings is 1. The molecule has 1 aliphatic carbocycles. The minimum atomic E-state index is -0.0277. The first kappa shape index (κ1) is 15.6. The molecule has 0 radical (unpaired) electrons. The molecule has 1 aromatic heterocycles. The minimum absolute atomic E-state index is 0.00622. The maximum Gasteiger partial charge on any atom is 0.257 e. The molecule has 0 bridgehead atoms. The number of rotatable bonds is 7. The van der Waals surface area contributed by atoms with Crippen molar-refractivity contribution in [2.75, 3.05) is 6.54 Å². The summed E-state index contributed by atoms with van der Waals surface area (Å²) in [5.41, 5.74) is 0.601. The second-order valence-corrected chi connectivity index (χ2v) is 5.75. The van der Waals surface area contributed by atoms with Gasteiger partial charge in [0.25, 0.3) is 5.91 Å². The van der Waals surface area contributed by atoms with E-state index in [2.05, 4.69) is 5.32 Å². The molecule has 1 aliphatic rings. The van der Waals surface area contributed by atoms with Crippen LogP contribution in [-0.2, 0) is 4.79 Å². The van der Waals surface area contributed by atoms with Crippen LogP contribution in [-0.4, -0.2) is 35.3 Å². The average Bonchev–Trinajstić information content (AvgIpc) is 3.19. The summed E-state index contributed by atoms with van der Waals surface area (Å²) < 4.78 is 5.20. The van der Waals surface area contributed by atoms with E-state index in [0.29, 0.717) is 24.3 Å². The molecule has 0 aromatic carbocycles. The Morgan fingerprint density at radius 3 is 2.71 bits per heavy atom. The van der Waals surface area contributed by atoms with Crippen molar-refractivity contribution in [1.29, 1.82) is 0 Å². The molecule has 0 aliphatic heterocycles. The van der Waals surface area contributed by atoms with E-state index in [0.717, 1.165) is 19.3 Å². The molecule has 5 nitrogen and oxygen atoms in total. The maximum atomic E-state index is 12.5. The van der Waals surface area contributed by atoms with Gasteiger partial charge in [0.15, 0.2) is 0 Å². The standard InChI is InChI=1S/C16H24N2O3/c1-4-11(2)17-15(19)7-9-18(13-5-6-13)16(20)14-8-10-21-12(14)3/h8,10-11,13H,4-7,9H2,1-3H3,(H,17,19)/t11-/m1/s1. The summed E-state index contributed by atoms with van der Waals surface area (Å²) in [6, 6.07) is 2.16. The first-order valence-electron chi connectivity index (χ1n) is 7.67. The Labute approximate surface area is 125 Å². The first-order valence-corrected chi connectivity index (χ1v) is 7.67. The zero-order chi connectivity index (χ0) is 15.4. The van der Waals surface area contributed by atoms with Crippen molar-refractivity contribution in [2.45, 2.75) is 58.5 Å². The monoisotopic (exact) mass is 292 g/mol.